The summed E-state index contributed by atoms with van der Waals surface area (Å²) in [5.74, 6) is 1.16. The lowest BCUT2D eigenvalue weighted by Gasteiger charge is -2.22. The Balaban J connectivity index is 1.95. The van der Waals surface area contributed by atoms with Crippen LogP contribution in [0.3, 0.4) is 0 Å². The van der Waals surface area contributed by atoms with Crippen LogP contribution in [-0.4, -0.2) is 31.1 Å². The van der Waals surface area contributed by atoms with E-state index in [4.69, 9.17) is 23.2 Å². The number of nitrogens with one attached hydrogen (secondary N) is 1. The molecule has 0 unspecified atom stereocenters. The van der Waals surface area contributed by atoms with E-state index in [9.17, 15) is 0 Å². The van der Waals surface area contributed by atoms with Crippen LogP contribution in [0.25, 0.3) is 0 Å². The third-order valence-corrected chi connectivity index (χ3v) is 4.09. The molecule has 0 aliphatic carbocycles. The minimum absolute atomic E-state index is 0.581. The third kappa shape index (κ3) is 6.05. The predicted octanol–water partition coefficient (Wildman–Crippen LogP) is 5.18. The fourth-order valence-electron chi connectivity index (χ4n) is 2.05. The number of alkyl halides is 2. The SMILES string of the molecule is ClCCN(CCCl)c1ccc(/C=N/Nc2ccc(Br)cc2)cc1. The maximum atomic E-state index is 5.83. The van der Waals surface area contributed by atoms with E-state index < -0.39 is 0 Å². The Kier molecular flexibility index (Phi) is 7.72. The van der Waals surface area contributed by atoms with Crippen LogP contribution in [0.15, 0.2) is 58.1 Å². The molecule has 23 heavy (non-hydrogen) atoms. The van der Waals surface area contributed by atoms with Crippen LogP contribution in [-0.2, 0) is 0 Å². The van der Waals surface area contributed by atoms with Crippen molar-refractivity contribution in [1.82, 2.24) is 0 Å². The van der Waals surface area contributed by atoms with Gasteiger partial charge < -0.3 is 4.90 Å². The fourth-order valence-corrected chi connectivity index (χ4v) is 2.72. The lowest BCUT2D eigenvalue weighted by molar-refractivity contribution is 0.874. The Morgan fingerprint density at radius 2 is 1.57 bits per heavy atom. The molecule has 2 rings (SSSR count). The fraction of sp³-hybridized carbons (Fsp3) is 0.235. The molecular formula is C17H18BrCl2N3. The van der Waals surface area contributed by atoms with Crippen molar-refractivity contribution < 1.29 is 0 Å². The number of hydrazone groups is 1. The van der Waals surface area contributed by atoms with Crippen molar-refractivity contribution in [3.05, 3.63) is 58.6 Å². The molecule has 6 heteroatoms. The largest absolute Gasteiger partial charge is 0.369 e. The van der Waals surface area contributed by atoms with Gasteiger partial charge in [-0.3, -0.25) is 5.43 Å². The van der Waals surface area contributed by atoms with Gasteiger partial charge in [-0.05, 0) is 42.0 Å². The second kappa shape index (κ2) is 9.81. The topological polar surface area (TPSA) is 27.6 Å². The molecule has 0 radical (unpaired) electrons. The molecule has 0 aliphatic heterocycles. The van der Waals surface area contributed by atoms with Crippen molar-refractivity contribution in [3.63, 3.8) is 0 Å². The highest BCUT2D eigenvalue weighted by Crippen LogP contribution is 2.16. The number of halogens is 3. The maximum Gasteiger partial charge on any atom is 0.0562 e. The van der Waals surface area contributed by atoms with E-state index in [1.807, 2.05) is 36.4 Å². The summed E-state index contributed by atoms with van der Waals surface area (Å²) in [5.41, 5.74) is 6.08. The summed E-state index contributed by atoms with van der Waals surface area (Å²) in [6.45, 7) is 1.57. The molecule has 0 saturated carbocycles. The number of rotatable bonds is 8. The van der Waals surface area contributed by atoms with Crippen LogP contribution >= 0.6 is 39.1 Å². The van der Waals surface area contributed by atoms with Gasteiger partial charge in [-0.1, -0.05) is 28.1 Å². The number of anilines is 2. The van der Waals surface area contributed by atoms with Crippen LogP contribution in [0.2, 0.25) is 0 Å². The summed E-state index contributed by atoms with van der Waals surface area (Å²) < 4.78 is 1.04. The molecule has 3 nitrogen and oxygen atoms in total. The maximum absolute atomic E-state index is 5.83. The van der Waals surface area contributed by atoms with Gasteiger partial charge in [0.2, 0.25) is 0 Å². The van der Waals surface area contributed by atoms with Crippen molar-refractivity contribution in [1.29, 1.82) is 0 Å². The van der Waals surface area contributed by atoms with E-state index in [2.05, 4.69) is 43.5 Å². The van der Waals surface area contributed by atoms with E-state index in [0.29, 0.717) is 11.8 Å². The van der Waals surface area contributed by atoms with Gasteiger partial charge in [0.15, 0.2) is 0 Å². The third-order valence-electron chi connectivity index (χ3n) is 3.22. The Hall–Kier alpha value is -1.23. The van der Waals surface area contributed by atoms with E-state index in [1.165, 1.54) is 0 Å². The van der Waals surface area contributed by atoms with Crippen LogP contribution < -0.4 is 10.3 Å². The minimum atomic E-state index is 0.581. The second-order valence-corrected chi connectivity index (χ2v) is 6.51. The van der Waals surface area contributed by atoms with Crippen molar-refractivity contribution in [2.75, 3.05) is 35.2 Å². The van der Waals surface area contributed by atoms with Gasteiger partial charge in [0.1, 0.15) is 0 Å². The molecule has 0 atom stereocenters. The molecule has 0 aliphatic rings. The van der Waals surface area contributed by atoms with E-state index >= 15 is 0 Å². The predicted molar refractivity (Wildman–Crippen MR) is 105 cm³/mol. The molecule has 0 spiro atoms. The molecule has 0 bridgehead atoms. The van der Waals surface area contributed by atoms with E-state index in [1.54, 1.807) is 6.21 Å². The Morgan fingerprint density at radius 3 is 2.13 bits per heavy atom. The van der Waals surface area contributed by atoms with Gasteiger partial charge in [-0.15, -0.1) is 23.2 Å². The summed E-state index contributed by atoms with van der Waals surface area (Å²) in [5, 5.41) is 4.24. The molecule has 122 valence electrons. The normalized spacial score (nSPS) is 10.9. The number of hydrogen-bond donors (Lipinski definition) is 1. The first-order valence-electron chi connectivity index (χ1n) is 7.24. The first kappa shape index (κ1) is 18.1. The number of benzene rings is 2. The van der Waals surface area contributed by atoms with Gasteiger partial charge in [-0.25, -0.2) is 0 Å². The van der Waals surface area contributed by atoms with Crippen LogP contribution in [0.1, 0.15) is 5.56 Å². The van der Waals surface area contributed by atoms with Crippen LogP contribution in [0, 0.1) is 0 Å². The van der Waals surface area contributed by atoms with Crippen LogP contribution in [0.5, 0.6) is 0 Å². The van der Waals surface area contributed by atoms with Crippen molar-refractivity contribution >= 4 is 56.7 Å². The van der Waals surface area contributed by atoms with Gasteiger partial charge in [0, 0.05) is 35.0 Å². The van der Waals surface area contributed by atoms with Gasteiger partial charge in [0.05, 0.1) is 11.9 Å². The van der Waals surface area contributed by atoms with Gasteiger partial charge in [-0.2, -0.15) is 5.10 Å². The lowest BCUT2D eigenvalue weighted by Crippen LogP contribution is -2.27. The molecule has 0 saturated heterocycles. The molecule has 1 N–H and O–H groups in total. The molecule has 2 aromatic carbocycles. The molecule has 0 fully saturated rings. The monoisotopic (exact) mass is 413 g/mol. The van der Waals surface area contributed by atoms with Crippen molar-refractivity contribution in [3.8, 4) is 0 Å². The lowest BCUT2D eigenvalue weighted by atomic mass is 10.2. The average molecular weight is 415 g/mol. The summed E-state index contributed by atoms with van der Waals surface area (Å²) in [6.07, 6.45) is 1.79. The zero-order chi connectivity index (χ0) is 16.5. The van der Waals surface area contributed by atoms with Crippen molar-refractivity contribution in [2.45, 2.75) is 0 Å². The van der Waals surface area contributed by atoms with Crippen molar-refractivity contribution in [2.24, 2.45) is 5.10 Å². The summed E-state index contributed by atoms with van der Waals surface area (Å²) in [7, 11) is 0. The summed E-state index contributed by atoms with van der Waals surface area (Å²) >= 11 is 15.1. The molecule has 0 amide bonds. The first-order chi connectivity index (χ1) is 11.2. The Bertz CT molecular complexity index is 609. The number of nitrogens with zero attached hydrogens (tertiary/aromatic N) is 2. The average Bonchev–Trinajstić information content (AvgIpc) is 2.57. The molecular weight excluding hydrogens is 397 g/mol. The highest BCUT2D eigenvalue weighted by Gasteiger charge is 2.04. The zero-order valence-electron chi connectivity index (χ0n) is 12.6. The van der Waals surface area contributed by atoms with Gasteiger partial charge >= 0.3 is 0 Å². The number of hydrogen-bond acceptors (Lipinski definition) is 3. The highest BCUT2D eigenvalue weighted by atomic mass is 79.9. The standard InChI is InChI=1S/C17H18BrCl2N3/c18-15-3-5-16(6-4-15)22-21-13-14-1-7-17(8-2-14)23(11-9-19)12-10-20/h1-8,13,22H,9-12H2/b21-13+. The molecule has 0 heterocycles. The highest BCUT2D eigenvalue weighted by molar-refractivity contribution is 9.10. The smallest absolute Gasteiger partial charge is 0.0562 e. The quantitative estimate of drug-likeness (QED) is 0.366. The second-order valence-electron chi connectivity index (χ2n) is 4.83. The molecule has 0 aromatic heterocycles. The zero-order valence-corrected chi connectivity index (χ0v) is 15.7. The van der Waals surface area contributed by atoms with E-state index in [0.717, 1.165) is 34.5 Å². The van der Waals surface area contributed by atoms with E-state index in [-0.39, 0.29) is 0 Å². The Morgan fingerprint density at radius 1 is 0.957 bits per heavy atom. The van der Waals surface area contributed by atoms with Crippen LogP contribution in [0.4, 0.5) is 11.4 Å². The molecule has 2 aromatic rings. The summed E-state index contributed by atoms with van der Waals surface area (Å²) in [4.78, 5) is 2.17. The Labute approximate surface area is 155 Å². The van der Waals surface area contributed by atoms with Gasteiger partial charge in [0.25, 0.3) is 0 Å². The first-order valence-corrected chi connectivity index (χ1v) is 9.10. The summed E-state index contributed by atoms with van der Waals surface area (Å²) in [6, 6.07) is 16.0. The minimum Gasteiger partial charge on any atom is -0.369 e.